The average Bonchev–Trinajstić information content (AvgIpc) is 2.32. The summed E-state index contributed by atoms with van der Waals surface area (Å²) >= 11 is 5.83. The third-order valence-corrected chi connectivity index (χ3v) is 2.69. The molecule has 0 unspecified atom stereocenters. The Morgan fingerprint density at radius 1 is 1.24 bits per heavy atom. The number of halogens is 1. The van der Waals surface area contributed by atoms with E-state index >= 15 is 0 Å². The summed E-state index contributed by atoms with van der Waals surface area (Å²) in [5, 5.41) is 3.90. The lowest BCUT2D eigenvalue weighted by atomic mass is 10.2. The Morgan fingerprint density at radius 2 is 1.94 bits per heavy atom. The number of hydrogen-bond donors (Lipinski definition) is 2. The Balaban J connectivity index is 2.29. The van der Waals surface area contributed by atoms with Crippen molar-refractivity contribution in [3.05, 3.63) is 41.2 Å². The molecule has 1 heterocycles. The van der Waals surface area contributed by atoms with Crippen molar-refractivity contribution in [2.45, 2.75) is 13.3 Å². The standard InChI is InChI=1S/C12H13ClN4/c1-2-10-11(14)15-7-16-12(10)17-9-5-3-8(13)4-6-9/h3-7H,2H2,1H3,(H3,14,15,16,17). The SMILES string of the molecule is CCc1c(N)ncnc1Nc1ccc(Cl)cc1. The van der Waals surface area contributed by atoms with Crippen LogP contribution in [0.4, 0.5) is 17.3 Å². The highest BCUT2D eigenvalue weighted by Crippen LogP contribution is 2.22. The van der Waals surface area contributed by atoms with Gasteiger partial charge < -0.3 is 11.1 Å². The molecule has 0 amide bonds. The molecule has 0 bridgehead atoms. The molecule has 0 atom stereocenters. The number of nitrogen functional groups attached to an aromatic ring is 1. The Kier molecular flexibility index (Phi) is 3.44. The van der Waals surface area contributed by atoms with Crippen LogP contribution in [0.5, 0.6) is 0 Å². The van der Waals surface area contributed by atoms with Crippen molar-refractivity contribution >= 4 is 28.9 Å². The van der Waals surface area contributed by atoms with Gasteiger partial charge in [-0.15, -0.1) is 0 Å². The summed E-state index contributed by atoms with van der Waals surface area (Å²) in [4.78, 5) is 8.16. The van der Waals surface area contributed by atoms with E-state index in [-0.39, 0.29) is 0 Å². The van der Waals surface area contributed by atoms with E-state index in [1.807, 2.05) is 31.2 Å². The van der Waals surface area contributed by atoms with Crippen molar-refractivity contribution in [2.75, 3.05) is 11.1 Å². The quantitative estimate of drug-likeness (QED) is 0.876. The van der Waals surface area contributed by atoms with E-state index in [1.54, 1.807) is 0 Å². The molecule has 0 radical (unpaired) electrons. The van der Waals surface area contributed by atoms with Gasteiger partial charge in [0.15, 0.2) is 0 Å². The summed E-state index contributed by atoms with van der Waals surface area (Å²) in [7, 11) is 0. The van der Waals surface area contributed by atoms with Crippen LogP contribution in [0.2, 0.25) is 5.02 Å². The van der Waals surface area contributed by atoms with E-state index in [1.165, 1.54) is 6.33 Å². The highest BCUT2D eigenvalue weighted by atomic mass is 35.5. The minimum atomic E-state index is 0.513. The summed E-state index contributed by atoms with van der Waals surface area (Å²) < 4.78 is 0. The van der Waals surface area contributed by atoms with Gasteiger partial charge in [0.25, 0.3) is 0 Å². The van der Waals surface area contributed by atoms with Crippen LogP contribution in [0.15, 0.2) is 30.6 Å². The zero-order chi connectivity index (χ0) is 12.3. The fourth-order valence-electron chi connectivity index (χ4n) is 1.55. The number of benzene rings is 1. The average molecular weight is 249 g/mol. The molecule has 17 heavy (non-hydrogen) atoms. The van der Waals surface area contributed by atoms with Crippen LogP contribution in [-0.2, 0) is 6.42 Å². The molecule has 0 aliphatic rings. The summed E-state index contributed by atoms with van der Waals surface area (Å²) in [6.45, 7) is 2.02. The molecule has 88 valence electrons. The van der Waals surface area contributed by atoms with E-state index in [0.29, 0.717) is 10.8 Å². The van der Waals surface area contributed by atoms with Gasteiger partial charge in [-0.3, -0.25) is 0 Å². The second-order valence-electron chi connectivity index (χ2n) is 3.57. The molecule has 2 aromatic rings. The number of aromatic nitrogens is 2. The van der Waals surface area contributed by atoms with Crippen molar-refractivity contribution in [2.24, 2.45) is 0 Å². The zero-order valence-corrected chi connectivity index (χ0v) is 10.2. The number of hydrogen-bond acceptors (Lipinski definition) is 4. The van der Waals surface area contributed by atoms with Crippen molar-refractivity contribution in [1.82, 2.24) is 9.97 Å². The van der Waals surface area contributed by atoms with Crippen LogP contribution >= 0.6 is 11.6 Å². The van der Waals surface area contributed by atoms with Gasteiger partial charge in [-0.1, -0.05) is 18.5 Å². The molecule has 0 aliphatic carbocycles. The first-order valence-corrected chi connectivity index (χ1v) is 5.70. The lowest BCUT2D eigenvalue weighted by Crippen LogP contribution is -2.04. The molecule has 3 N–H and O–H groups in total. The molecule has 4 nitrogen and oxygen atoms in total. The molecule has 0 aliphatic heterocycles. The molecule has 0 spiro atoms. The molecule has 2 rings (SSSR count). The predicted octanol–water partition coefficient (Wildman–Crippen LogP) is 3.02. The monoisotopic (exact) mass is 248 g/mol. The van der Waals surface area contributed by atoms with Gasteiger partial charge in [-0.2, -0.15) is 0 Å². The molecule has 1 aromatic heterocycles. The molecular formula is C12H13ClN4. The first-order valence-electron chi connectivity index (χ1n) is 5.32. The first-order chi connectivity index (χ1) is 8.20. The highest BCUT2D eigenvalue weighted by Gasteiger charge is 2.07. The Morgan fingerprint density at radius 3 is 2.59 bits per heavy atom. The largest absolute Gasteiger partial charge is 0.383 e. The lowest BCUT2D eigenvalue weighted by molar-refractivity contribution is 1.06. The number of nitrogens with two attached hydrogens (primary N) is 1. The van der Waals surface area contributed by atoms with Gasteiger partial charge in [-0.05, 0) is 30.7 Å². The first kappa shape index (κ1) is 11.7. The van der Waals surface area contributed by atoms with E-state index in [2.05, 4.69) is 15.3 Å². The maximum atomic E-state index is 5.83. The molecule has 0 saturated carbocycles. The van der Waals surface area contributed by atoms with Gasteiger partial charge in [0.1, 0.15) is 18.0 Å². The van der Waals surface area contributed by atoms with Gasteiger partial charge in [0, 0.05) is 16.3 Å². The Labute approximate surface area is 105 Å². The molecular weight excluding hydrogens is 236 g/mol. The second kappa shape index (κ2) is 5.01. The number of anilines is 3. The van der Waals surface area contributed by atoms with Crippen molar-refractivity contribution in [3.63, 3.8) is 0 Å². The van der Waals surface area contributed by atoms with Crippen molar-refractivity contribution < 1.29 is 0 Å². The maximum Gasteiger partial charge on any atom is 0.139 e. The summed E-state index contributed by atoms with van der Waals surface area (Å²) in [5.41, 5.74) is 7.64. The topological polar surface area (TPSA) is 63.8 Å². The van der Waals surface area contributed by atoms with Crippen LogP contribution in [0.3, 0.4) is 0 Å². The molecule has 1 aromatic carbocycles. The normalized spacial score (nSPS) is 10.2. The van der Waals surface area contributed by atoms with Crippen LogP contribution < -0.4 is 11.1 Å². The fourth-order valence-corrected chi connectivity index (χ4v) is 1.68. The van der Waals surface area contributed by atoms with Crippen LogP contribution in [0, 0.1) is 0 Å². The zero-order valence-electron chi connectivity index (χ0n) is 9.44. The highest BCUT2D eigenvalue weighted by molar-refractivity contribution is 6.30. The third-order valence-electron chi connectivity index (χ3n) is 2.44. The molecule has 0 saturated heterocycles. The predicted molar refractivity (Wildman–Crippen MR) is 70.6 cm³/mol. The lowest BCUT2D eigenvalue weighted by Gasteiger charge is -2.10. The summed E-state index contributed by atoms with van der Waals surface area (Å²) in [6, 6.07) is 7.42. The number of rotatable bonds is 3. The smallest absolute Gasteiger partial charge is 0.139 e. The van der Waals surface area contributed by atoms with E-state index in [9.17, 15) is 0 Å². The molecule has 5 heteroatoms. The van der Waals surface area contributed by atoms with E-state index < -0.39 is 0 Å². The fraction of sp³-hybridized carbons (Fsp3) is 0.167. The minimum absolute atomic E-state index is 0.513. The van der Waals surface area contributed by atoms with Gasteiger partial charge in [0.05, 0.1) is 0 Å². The minimum Gasteiger partial charge on any atom is -0.383 e. The Bertz CT molecular complexity index is 510. The van der Waals surface area contributed by atoms with E-state index in [4.69, 9.17) is 17.3 Å². The summed E-state index contributed by atoms with van der Waals surface area (Å²) in [6.07, 6.45) is 2.23. The van der Waals surface area contributed by atoms with Gasteiger partial charge >= 0.3 is 0 Å². The van der Waals surface area contributed by atoms with E-state index in [0.717, 1.165) is 23.5 Å². The van der Waals surface area contributed by atoms with Gasteiger partial charge in [0.2, 0.25) is 0 Å². The van der Waals surface area contributed by atoms with Gasteiger partial charge in [-0.25, -0.2) is 9.97 Å². The van der Waals surface area contributed by atoms with Crippen LogP contribution in [-0.4, -0.2) is 9.97 Å². The number of nitrogens with zero attached hydrogens (tertiary/aromatic N) is 2. The third kappa shape index (κ3) is 2.65. The second-order valence-corrected chi connectivity index (χ2v) is 4.01. The van der Waals surface area contributed by atoms with Crippen LogP contribution in [0.1, 0.15) is 12.5 Å². The Hall–Kier alpha value is -1.81. The number of nitrogens with one attached hydrogen (secondary N) is 1. The maximum absolute atomic E-state index is 5.83. The molecule has 0 fully saturated rings. The van der Waals surface area contributed by atoms with Crippen LogP contribution in [0.25, 0.3) is 0 Å². The van der Waals surface area contributed by atoms with Crippen molar-refractivity contribution in [3.8, 4) is 0 Å². The summed E-state index contributed by atoms with van der Waals surface area (Å²) in [5.74, 6) is 1.25. The van der Waals surface area contributed by atoms with Crippen molar-refractivity contribution in [1.29, 1.82) is 0 Å².